The number of aromatic nitrogens is 3. The quantitative estimate of drug-likeness (QED) is 0.624. The number of hydrogen-bond donors (Lipinski definition) is 1. The summed E-state index contributed by atoms with van der Waals surface area (Å²) in [6, 6.07) is 8.63. The Morgan fingerprint density at radius 3 is 2.74 bits per heavy atom. The van der Waals surface area contributed by atoms with E-state index in [2.05, 4.69) is 20.3 Å². The van der Waals surface area contributed by atoms with Gasteiger partial charge in [0.25, 0.3) is 0 Å². The zero-order chi connectivity index (χ0) is 22.0. The highest BCUT2D eigenvalue weighted by Gasteiger charge is 2.38. The van der Waals surface area contributed by atoms with E-state index in [1.165, 1.54) is 11.4 Å². The molecule has 8 nitrogen and oxygen atoms in total. The molecule has 4 rings (SSSR count). The lowest BCUT2D eigenvalue weighted by atomic mass is 10.1. The normalized spacial score (nSPS) is 16.9. The summed E-state index contributed by atoms with van der Waals surface area (Å²) >= 11 is 0. The van der Waals surface area contributed by atoms with Crippen LogP contribution in [0.2, 0.25) is 0 Å². The summed E-state index contributed by atoms with van der Waals surface area (Å²) in [5, 5.41) is 3.22. The van der Waals surface area contributed by atoms with Crippen molar-refractivity contribution in [2.24, 2.45) is 0 Å². The average Bonchev–Trinajstić information content (AvgIpc) is 3.25. The zero-order valence-electron chi connectivity index (χ0n) is 17.7. The number of pyridine rings is 1. The molecule has 1 atom stereocenters. The highest BCUT2D eigenvalue weighted by molar-refractivity contribution is 7.89. The van der Waals surface area contributed by atoms with Crippen molar-refractivity contribution in [1.29, 1.82) is 0 Å². The lowest BCUT2D eigenvalue weighted by molar-refractivity contribution is 0.377. The number of nitrogens with zero attached hydrogens (tertiary/aromatic N) is 4. The topological polar surface area (TPSA) is 97.3 Å². The Labute approximate surface area is 182 Å². The summed E-state index contributed by atoms with van der Waals surface area (Å²) in [6.45, 7) is 4.20. The summed E-state index contributed by atoms with van der Waals surface area (Å²) in [4.78, 5) is 13.2. The van der Waals surface area contributed by atoms with E-state index in [0.29, 0.717) is 30.2 Å². The summed E-state index contributed by atoms with van der Waals surface area (Å²) in [5.41, 5.74) is 3.15. The molecule has 0 bridgehead atoms. The summed E-state index contributed by atoms with van der Waals surface area (Å²) in [6.07, 6.45) is 6.31. The molecule has 9 heteroatoms. The number of nitrogens with one attached hydrogen (secondary N) is 1. The van der Waals surface area contributed by atoms with Crippen molar-refractivity contribution in [1.82, 2.24) is 19.3 Å². The molecule has 0 radical (unpaired) electrons. The number of hydrogen-bond acceptors (Lipinski definition) is 7. The number of sulfonamides is 1. The van der Waals surface area contributed by atoms with Crippen LogP contribution in [-0.4, -0.2) is 41.3 Å². The van der Waals surface area contributed by atoms with Crippen LogP contribution in [0.3, 0.4) is 0 Å². The lowest BCUT2D eigenvalue weighted by Gasteiger charge is -2.25. The molecule has 162 valence electrons. The molecular weight excluding hydrogens is 414 g/mol. The van der Waals surface area contributed by atoms with Gasteiger partial charge in [-0.15, -0.1) is 0 Å². The molecule has 0 aliphatic carbocycles. The number of rotatable bonds is 6. The molecule has 0 amide bonds. The molecule has 1 fully saturated rings. The van der Waals surface area contributed by atoms with Crippen molar-refractivity contribution in [3.05, 3.63) is 65.9 Å². The van der Waals surface area contributed by atoms with Gasteiger partial charge in [-0.3, -0.25) is 9.97 Å². The highest BCUT2D eigenvalue weighted by atomic mass is 32.2. The first-order valence-corrected chi connectivity index (χ1v) is 11.5. The number of aryl methyl sites for hydroxylation is 2. The molecule has 1 aromatic carbocycles. The zero-order valence-corrected chi connectivity index (χ0v) is 18.6. The fourth-order valence-electron chi connectivity index (χ4n) is 3.88. The monoisotopic (exact) mass is 439 g/mol. The Morgan fingerprint density at radius 1 is 1.16 bits per heavy atom. The van der Waals surface area contributed by atoms with E-state index >= 15 is 0 Å². The number of anilines is 2. The van der Waals surface area contributed by atoms with Crippen LogP contribution in [0.4, 0.5) is 11.5 Å². The molecular formula is C22H25N5O3S. The number of benzene rings is 1. The average molecular weight is 440 g/mol. The van der Waals surface area contributed by atoms with Gasteiger partial charge in [-0.05, 0) is 56.5 Å². The molecule has 0 saturated carbocycles. The lowest BCUT2D eigenvalue weighted by Crippen LogP contribution is -2.31. The van der Waals surface area contributed by atoms with Gasteiger partial charge < -0.3 is 10.1 Å². The van der Waals surface area contributed by atoms with Crippen molar-refractivity contribution in [2.75, 3.05) is 19.0 Å². The maximum atomic E-state index is 13.6. The Balaban J connectivity index is 1.70. The summed E-state index contributed by atoms with van der Waals surface area (Å²) < 4.78 is 34.1. The van der Waals surface area contributed by atoms with E-state index in [1.807, 2.05) is 32.0 Å². The van der Waals surface area contributed by atoms with E-state index < -0.39 is 10.0 Å². The largest absolute Gasteiger partial charge is 0.495 e. The Bertz CT molecular complexity index is 1190. The first-order valence-electron chi connectivity index (χ1n) is 10.1. The number of methoxy groups -OCH3 is 1. The van der Waals surface area contributed by atoms with Gasteiger partial charge in [0.05, 0.1) is 25.0 Å². The van der Waals surface area contributed by atoms with Crippen LogP contribution in [0.15, 0.2) is 53.8 Å². The second kappa shape index (κ2) is 8.60. The van der Waals surface area contributed by atoms with Crippen molar-refractivity contribution in [2.45, 2.75) is 37.6 Å². The van der Waals surface area contributed by atoms with Gasteiger partial charge >= 0.3 is 0 Å². The predicted molar refractivity (Wildman–Crippen MR) is 118 cm³/mol. The van der Waals surface area contributed by atoms with E-state index in [-0.39, 0.29) is 10.9 Å². The molecule has 1 saturated heterocycles. The molecule has 0 unspecified atom stereocenters. The van der Waals surface area contributed by atoms with Gasteiger partial charge in [0.15, 0.2) is 0 Å². The smallest absolute Gasteiger partial charge is 0.247 e. The molecule has 1 N–H and O–H groups in total. The minimum absolute atomic E-state index is 0.187. The summed E-state index contributed by atoms with van der Waals surface area (Å²) in [5.74, 6) is 0.956. The molecule has 1 aliphatic heterocycles. The van der Waals surface area contributed by atoms with Gasteiger partial charge in [0, 0.05) is 30.3 Å². The van der Waals surface area contributed by atoms with Crippen molar-refractivity contribution >= 4 is 21.5 Å². The molecule has 31 heavy (non-hydrogen) atoms. The second-order valence-electron chi connectivity index (χ2n) is 7.57. The fraction of sp³-hybridized carbons (Fsp3) is 0.318. The van der Waals surface area contributed by atoms with Crippen LogP contribution in [0, 0.1) is 13.8 Å². The van der Waals surface area contributed by atoms with E-state index in [4.69, 9.17) is 4.74 Å². The standard InChI is InChI=1S/C22H25N5O3S/c1-15-6-7-20(30-3)21(11-15)31(28,29)27-10-4-5-19(27)18-13-17(12-16(2)25-18)26-22-14-23-8-9-24-22/h6-9,11-14,19H,4-5,10H2,1-3H3,(H,24,25,26)/t19-/m1/s1. The van der Waals surface area contributed by atoms with E-state index in [0.717, 1.165) is 23.4 Å². The summed E-state index contributed by atoms with van der Waals surface area (Å²) in [7, 11) is -2.28. The third-order valence-electron chi connectivity index (χ3n) is 5.26. The Hall–Kier alpha value is -3.04. The van der Waals surface area contributed by atoms with Gasteiger partial charge in [0.2, 0.25) is 10.0 Å². The van der Waals surface area contributed by atoms with Gasteiger partial charge in [-0.1, -0.05) is 6.07 Å². The van der Waals surface area contributed by atoms with Crippen LogP contribution < -0.4 is 10.1 Å². The molecule has 0 spiro atoms. The number of ether oxygens (including phenoxy) is 1. The first-order chi connectivity index (χ1) is 14.9. The van der Waals surface area contributed by atoms with E-state index in [1.54, 1.807) is 30.7 Å². The van der Waals surface area contributed by atoms with Crippen LogP contribution in [0.1, 0.15) is 35.8 Å². The van der Waals surface area contributed by atoms with Crippen LogP contribution in [0.25, 0.3) is 0 Å². The molecule has 3 heterocycles. The van der Waals surface area contributed by atoms with Crippen molar-refractivity contribution in [3.63, 3.8) is 0 Å². The third kappa shape index (κ3) is 4.38. The van der Waals surface area contributed by atoms with Crippen LogP contribution in [0.5, 0.6) is 5.75 Å². The van der Waals surface area contributed by atoms with Crippen molar-refractivity contribution in [3.8, 4) is 5.75 Å². The maximum Gasteiger partial charge on any atom is 0.247 e. The van der Waals surface area contributed by atoms with Gasteiger partial charge in [-0.25, -0.2) is 13.4 Å². The predicted octanol–water partition coefficient (Wildman–Crippen LogP) is 3.77. The van der Waals surface area contributed by atoms with Crippen LogP contribution >= 0.6 is 0 Å². The van der Waals surface area contributed by atoms with Gasteiger partial charge in [-0.2, -0.15) is 4.31 Å². The Morgan fingerprint density at radius 2 is 2.00 bits per heavy atom. The Kier molecular flexibility index (Phi) is 5.88. The van der Waals surface area contributed by atoms with Gasteiger partial charge in [0.1, 0.15) is 16.5 Å². The molecule has 3 aromatic rings. The van der Waals surface area contributed by atoms with E-state index in [9.17, 15) is 8.42 Å². The second-order valence-corrected chi connectivity index (χ2v) is 9.42. The minimum Gasteiger partial charge on any atom is -0.495 e. The minimum atomic E-state index is -3.76. The molecule has 1 aliphatic rings. The first kappa shape index (κ1) is 21.2. The maximum absolute atomic E-state index is 13.6. The SMILES string of the molecule is COc1ccc(C)cc1S(=O)(=O)N1CCC[C@@H]1c1cc(Nc2cnccn2)cc(C)n1. The third-order valence-corrected chi connectivity index (χ3v) is 7.19. The fourth-order valence-corrected chi connectivity index (χ4v) is 5.79. The highest BCUT2D eigenvalue weighted by Crippen LogP contribution is 2.39. The molecule has 2 aromatic heterocycles. The van der Waals surface area contributed by atoms with Crippen molar-refractivity contribution < 1.29 is 13.2 Å². The van der Waals surface area contributed by atoms with Crippen LogP contribution in [-0.2, 0) is 10.0 Å².